The normalized spacial score (nSPS) is 22.5. The molecular formula is C5H11Si. The van der Waals surface area contributed by atoms with Gasteiger partial charge < -0.3 is 0 Å². The van der Waals surface area contributed by atoms with Gasteiger partial charge in [0.1, 0.15) is 0 Å². The molecule has 0 unspecified atom stereocenters. The molecule has 0 aromatic heterocycles. The van der Waals surface area contributed by atoms with Crippen molar-refractivity contribution < 1.29 is 0 Å². The maximum atomic E-state index is 2.41. The predicted octanol–water partition coefficient (Wildman–Crippen LogP) is 1.90. The number of rotatable bonds is 1. The molecule has 1 fully saturated rings. The SMILES string of the molecule is C[Si](C)C1CC1. The molecule has 1 heteroatoms. The monoisotopic (exact) mass is 99.1 g/mol. The van der Waals surface area contributed by atoms with Gasteiger partial charge in [-0.25, -0.2) is 0 Å². The lowest BCUT2D eigenvalue weighted by molar-refractivity contribution is 1.39. The zero-order chi connectivity index (χ0) is 4.57. The van der Waals surface area contributed by atoms with Gasteiger partial charge in [-0.1, -0.05) is 25.9 Å². The predicted molar refractivity (Wildman–Crippen MR) is 30.5 cm³/mol. The molecule has 0 amide bonds. The van der Waals surface area contributed by atoms with E-state index in [1.165, 1.54) is 5.54 Å². The van der Waals surface area contributed by atoms with Crippen LogP contribution in [0.4, 0.5) is 0 Å². The lowest BCUT2D eigenvalue weighted by Gasteiger charge is -1.91. The topological polar surface area (TPSA) is 0 Å². The van der Waals surface area contributed by atoms with Gasteiger partial charge in [-0.15, -0.1) is 0 Å². The van der Waals surface area contributed by atoms with Gasteiger partial charge in [0.2, 0.25) is 0 Å². The quantitative estimate of drug-likeness (QED) is 0.440. The van der Waals surface area contributed by atoms with Crippen LogP contribution in [0, 0.1) is 0 Å². The number of hydrogen-bond donors (Lipinski definition) is 0. The first-order valence-corrected chi connectivity index (χ1v) is 5.18. The van der Waals surface area contributed by atoms with E-state index in [0.29, 0.717) is 0 Å². The largest absolute Gasteiger partial charge is 0.0711 e. The first-order valence-electron chi connectivity index (χ1n) is 2.61. The van der Waals surface area contributed by atoms with Crippen molar-refractivity contribution in [3.8, 4) is 0 Å². The first kappa shape index (κ1) is 4.38. The summed E-state index contributed by atoms with van der Waals surface area (Å²) in [6.07, 6.45) is 3.09. The molecule has 0 spiro atoms. The Hall–Kier alpha value is 0.217. The summed E-state index contributed by atoms with van der Waals surface area (Å²) in [7, 11) is 0.159. The summed E-state index contributed by atoms with van der Waals surface area (Å²) in [5.41, 5.74) is 1.20. The Kier molecular flexibility index (Phi) is 1.00. The van der Waals surface area contributed by atoms with Gasteiger partial charge in [0.15, 0.2) is 0 Å². The highest BCUT2D eigenvalue weighted by molar-refractivity contribution is 6.58. The van der Waals surface area contributed by atoms with Crippen molar-refractivity contribution in [2.24, 2.45) is 0 Å². The van der Waals surface area contributed by atoms with E-state index in [1.807, 2.05) is 0 Å². The molecular weight excluding hydrogens is 88.1 g/mol. The third kappa shape index (κ3) is 0.838. The van der Waals surface area contributed by atoms with Crippen LogP contribution in [0.3, 0.4) is 0 Å². The van der Waals surface area contributed by atoms with E-state index in [9.17, 15) is 0 Å². The molecule has 0 aromatic carbocycles. The van der Waals surface area contributed by atoms with Crippen LogP contribution in [0.5, 0.6) is 0 Å². The molecule has 0 saturated heterocycles. The summed E-state index contributed by atoms with van der Waals surface area (Å²) in [4.78, 5) is 0. The first-order chi connectivity index (χ1) is 2.80. The van der Waals surface area contributed by atoms with Crippen molar-refractivity contribution >= 4 is 8.80 Å². The highest BCUT2D eigenvalue weighted by Gasteiger charge is 2.25. The van der Waals surface area contributed by atoms with Crippen LogP contribution in [0.2, 0.25) is 18.6 Å². The second kappa shape index (κ2) is 1.37. The summed E-state index contributed by atoms with van der Waals surface area (Å²) in [5.74, 6) is 0. The molecule has 1 saturated carbocycles. The highest BCUT2D eigenvalue weighted by atomic mass is 28.3. The Bertz CT molecular complexity index is 45.9. The molecule has 1 aliphatic rings. The summed E-state index contributed by atoms with van der Waals surface area (Å²) < 4.78 is 0. The van der Waals surface area contributed by atoms with E-state index >= 15 is 0 Å². The van der Waals surface area contributed by atoms with Gasteiger partial charge >= 0.3 is 0 Å². The van der Waals surface area contributed by atoms with E-state index in [4.69, 9.17) is 0 Å². The third-order valence-electron chi connectivity index (χ3n) is 1.39. The van der Waals surface area contributed by atoms with Gasteiger partial charge in [-0.05, 0) is 5.54 Å². The fourth-order valence-electron chi connectivity index (χ4n) is 0.661. The van der Waals surface area contributed by atoms with E-state index in [2.05, 4.69) is 13.1 Å². The van der Waals surface area contributed by atoms with Crippen molar-refractivity contribution in [1.82, 2.24) is 0 Å². The van der Waals surface area contributed by atoms with Crippen LogP contribution in [0.25, 0.3) is 0 Å². The molecule has 0 atom stereocenters. The van der Waals surface area contributed by atoms with Crippen molar-refractivity contribution in [2.75, 3.05) is 0 Å². The minimum Gasteiger partial charge on any atom is -0.0711 e. The van der Waals surface area contributed by atoms with Gasteiger partial charge in [-0.2, -0.15) is 0 Å². The van der Waals surface area contributed by atoms with Gasteiger partial charge in [-0.3, -0.25) is 0 Å². The van der Waals surface area contributed by atoms with Crippen molar-refractivity contribution in [3.05, 3.63) is 0 Å². The van der Waals surface area contributed by atoms with Crippen LogP contribution in [-0.4, -0.2) is 8.80 Å². The lowest BCUT2D eigenvalue weighted by Crippen LogP contribution is -1.96. The molecule has 0 N–H and O–H groups in total. The van der Waals surface area contributed by atoms with Gasteiger partial charge in [0.25, 0.3) is 0 Å². The second-order valence-corrected chi connectivity index (χ2v) is 5.32. The van der Waals surface area contributed by atoms with Crippen LogP contribution < -0.4 is 0 Å². The summed E-state index contributed by atoms with van der Waals surface area (Å²) in [5, 5.41) is 0. The molecule has 0 bridgehead atoms. The maximum absolute atomic E-state index is 2.41. The van der Waals surface area contributed by atoms with Crippen molar-refractivity contribution in [1.29, 1.82) is 0 Å². The zero-order valence-electron chi connectivity index (χ0n) is 4.49. The third-order valence-corrected chi connectivity index (χ3v) is 3.60. The zero-order valence-corrected chi connectivity index (χ0v) is 5.49. The molecule has 0 aromatic rings. The molecule has 0 heterocycles. The van der Waals surface area contributed by atoms with Gasteiger partial charge in [0, 0.05) is 8.80 Å². The summed E-state index contributed by atoms with van der Waals surface area (Å²) in [6, 6.07) is 0. The van der Waals surface area contributed by atoms with Gasteiger partial charge in [0.05, 0.1) is 0 Å². The minimum absolute atomic E-state index is 0.159. The molecule has 35 valence electrons. The second-order valence-electron chi connectivity index (χ2n) is 2.35. The lowest BCUT2D eigenvalue weighted by atomic mass is 11.0. The minimum atomic E-state index is 0.159. The standard InChI is InChI=1S/C5H11Si/c1-6(2)5-3-4-5/h5H,3-4H2,1-2H3. The van der Waals surface area contributed by atoms with Crippen LogP contribution >= 0.6 is 0 Å². The summed E-state index contributed by atoms with van der Waals surface area (Å²) >= 11 is 0. The molecule has 1 radical (unpaired) electrons. The molecule has 0 nitrogen and oxygen atoms in total. The van der Waals surface area contributed by atoms with Crippen LogP contribution in [-0.2, 0) is 0 Å². The molecule has 1 rings (SSSR count). The van der Waals surface area contributed by atoms with E-state index in [1.54, 1.807) is 12.8 Å². The Morgan fingerprint density at radius 2 is 1.83 bits per heavy atom. The Morgan fingerprint density at radius 3 is 1.83 bits per heavy atom. The number of hydrogen-bond acceptors (Lipinski definition) is 0. The average Bonchev–Trinajstić information content (AvgIpc) is 2.06. The van der Waals surface area contributed by atoms with E-state index in [-0.39, 0.29) is 8.80 Å². The van der Waals surface area contributed by atoms with Crippen molar-refractivity contribution in [2.45, 2.75) is 31.5 Å². The Balaban J connectivity index is 2.13. The highest BCUT2D eigenvalue weighted by Crippen LogP contribution is 2.38. The molecule has 0 aliphatic heterocycles. The van der Waals surface area contributed by atoms with Crippen LogP contribution in [0.15, 0.2) is 0 Å². The maximum Gasteiger partial charge on any atom is 0.0446 e. The average molecular weight is 99.2 g/mol. The Labute approximate surface area is 41.2 Å². The fourth-order valence-corrected chi connectivity index (χ4v) is 1.98. The molecule has 1 aliphatic carbocycles. The van der Waals surface area contributed by atoms with Crippen LogP contribution in [0.1, 0.15) is 12.8 Å². The summed E-state index contributed by atoms with van der Waals surface area (Å²) in [6.45, 7) is 4.81. The molecule has 6 heavy (non-hydrogen) atoms. The van der Waals surface area contributed by atoms with E-state index in [0.717, 1.165) is 0 Å². The van der Waals surface area contributed by atoms with E-state index < -0.39 is 0 Å². The smallest absolute Gasteiger partial charge is 0.0446 e. The van der Waals surface area contributed by atoms with Crippen molar-refractivity contribution in [3.63, 3.8) is 0 Å². The Morgan fingerprint density at radius 1 is 1.33 bits per heavy atom. The fraction of sp³-hybridized carbons (Fsp3) is 1.00.